The van der Waals surface area contributed by atoms with Gasteiger partial charge in [-0.2, -0.15) is 0 Å². The lowest BCUT2D eigenvalue weighted by Gasteiger charge is -2.40. The zero-order chi connectivity index (χ0) is 16.0. The number of nitrogens with zero attached hydrogens (tertiary/aromatic N) is 2. The molecular weight excluding hydrogens is 290 g/mol. The summed E-state index contributed by atoms with van der Waals surface area (Å²) in [6.45, 7) is 4.15. The number of aryl methyl sites for hydroxylation is 1. The van der Waals surface area contributed by atoms with Crippen LogP contribution in [0.4, 0.5) is 10.5 Å². The number of amides is 2. The molecule has 23 heavy (non-hydrogen) atoms. The summed E-state index contributed by atoms with van der Waals surface area (Å²) < 4.78 is 1.60. The lowest BCUT2D eigenvalue weighted by molar-refractivity contribution is 0.169. The van der Waals surface area contributed by atoms with Gasteiger partial charge in [0.2, 0.25) is 0 Å². The van der Waals surface area contributed by atoms with Gasteiger partial charge in [0.25, 0.3) is 5.56 Å². The zero-order valence-electron chi connectivity index (χ0n) is 13.4. The van der Waals surface area contributed by atoms with Crippen molar-refractivity contribution in [2.45, 2.75) is 26.3 Å². The summed E-state index contributed by atoms with van der Waals surface area (Å²) in [5.74, 6) is 2.48. The third-order valence-corrected chi connectivity index (χ3v) is 5.84. The van der Waals surface area contributed by atoms with Crippen molar-refractivity contribution in [3.63, 3.8) is 0 Å². The standard InChI is InChI=1S/C18H23N3O2/c1-2-20-9-3-4-16(17(20)22)19-18(23)21-10-14-12-5-6-13(8-7-12)15(14)11-21/h3-6,9,12-15H,2,7-8,10-11H2,1H3,(H,19,23). The number of anilines is 1. The van der Waals surface area contributed by atoms with Crippen LogP contribution < -0.4 is 10.9 Å². The van der Waals surface area contributed by atoms with E-state index in [1.807, 2.05) is 11.8 Å². The van der Waals surface area contributed by atoms with Crippen LogP contribution in [0.5, 0.6) is 0 Å². The second kappa shape index (κ2) is 5.55. The molecule has 1 saturated carbocycles. The lowest BCUT2D eigenvalue weighted by Crippen LogP contribution is -2.36. The van der Waals surface area contributed by atoms with Crippen LogP contribution in [-0.2, 0) is 6.54 Å². The largest absolute Gasteiger partial charge is 0.324 e. The van der Waals surface area contributed by atoms with Crippen LogP contribution in [0.1, 0.15) is 19.8 Å². The SMILES string of the molecule is CCn1cccc(NC(=O)N2CC3C4C=CC(CC4)C3C2)c1=O. The lowest BCUT2D eigenvalue weighted by atomic mass is 9.64. The molecular formula is C18H23N3O2. The monoisotopic (exact) mass is 313 g/mol. The Kier molecular flexibility index (Phi) is 3.51. The maximum atomic E-state index is 12.6. The summed E-state index contributed by atoms with van der Waals surface area (Å²) in [6.07, 6.45) is 8.98. The molecule has 2 heterocycles. The van der Waals surface area contributed by atoms with E-state index in [2.05, 4.69) is 17.5 Å². The van der Waals surface area contributed by atoms with Crippen LogP contribution in [-0.4, -0.2) is 28.6 Å². The van der Waals surface area contributed by atoms with Crippen molar-refractivity contribution in [2.24, 2.45) is 23.7 Å². The van der Waals surface area contributed by atoms with E-state index < -0.39 is 0 Å². The number of nitrogens with one attached hydrogen (secondary N) is 1. The van der Waals surface area contributed by atoms with E-state index in [4.69, 9.17) is 0 Å². The molecule has 1 aromatic rings. The van der Waals surface area contributed by atoms with Crippen molar-refractivity contribution >= 4 is 11.7 Å². The van der Waals surface area contributed by atoms with Crippen LogP contribution in [0.15, 0.2) is 35.3 Å². The van der Waals surface area contributed by atoms with Crippen molar-refractivity contribution in [2.75, 3.05) is 18.4 Å². The van der Waals surface area contributed by atoms with Gasteiger partial charge < -0.3 is 14.8 Å². The molecule has 5 heteroatoms. The smallest absolute Gasteiger partial charge is 0.322 e. The molecule has 2 bridgehead atoms. The first-order chi connectivity index (χ1) is 11.2. The minimum atomic E-state index is -0.137. The molecule has 4 unspecified atom stereocenters. The van der Waals surface area contributed by atoms with Gasteiger partial charge in [0.1, 0.15) is 5.69 Å². The minimum Gasteiger partial charge on any atom is -0.324 e. The van der Waals surface area contributed by atoms with E-state index in [9.17, 15) is 9.59 Å². The first-order valence-corrected chi connectivity index (χ1v) is 8.61. The second-order valence-corrected chi connectivity index (χ2v) is 6.97. The number of pyridine rings is 1. The molecule has 1 saturated heterocycles. The zero-order valence-corrected chi connectivity index (χ0v) is 13.4. The van der Waals surface area contributed by atoms with Crippen molar-refractivity contribution in [1.82, 2.24) is 9.47 Å². The number of aromatic nitrogens is 1. The number of hydrogen-bond donors (Lipinski definition) is 1. The Hall–Kier alpha value is -2.04. The van der Waals surface area contributed by atoms with Gasteiger partial charge in [0.05, 0.1) is 0 Å². The average Bonchev–Trinajstić information content (AvgIpc) is 3.05. The van der Waals surface area contributed by atoms with Gasteiger partial charge in [-0.1, -0.05) is 12.2 Å². The molecule has 0 aromatic carbocycles. The van der Waals surface area contributed by atoms with Gasteiger partial charge in [-0.05, 0) is 55.6 Å². The third kappa shape index (κ3) is 2.38. The van der Waals surface area contributed by atoms with Crippen LogP contribution in [0.2, 0.25) is 0 Å². The first-order valence-electron chi connectivity index (χ1n) is 8.61. The highest BCUT2D eigenvalue weighted by Gasteiger charge is 2.47. The molecule has 5 nitrogen and oxygen atoms in total. The molecule has 2 fully saturated rings. The Bertz CT molecular complexity index is 686. The number of likely N-dealkylation sites (tertiary alicyclic amines) is 1. The fraction of sp³-hybridized carbons (Fsp3) is 0.556. The van der Waals surface area contributed by atoms with Crippen LogP contribution in [0, 0.1) is 23.7 Å². The maximum absolute atomic E-state index is 12.6. The number of carbonyl (C=O) groups is 1. The number of hydrogen-bond acceptors (Lipinski definition) is 2. The predicted molar refractivity (Wildman–Crippen MR) is 89.3 cm³/mol. The molecule has 1 N–H and O–H groups in total. The van der Waals surface area contributed by atoms with Crippen LogP contribution in [0.3, 0.4) is 0 Å². The van der Waals surface area contributed by atoms with Crippen molar-refractivity contribution in [1.29, 1.82) is 0 Å². The maximum Gasteiger partial charge on any atom is 0.322 e. The van der Waals surface area contributed by atoms with Gasteiger partial charge >= 0.3 is 6.03 Å². The number of allylic oxidation sites excluding steroid dienone is 2. The Morgan fingerprint density at radius 3 is 2.43 bits per heavy atom. The Morgan fingerprint density at radius 1 is 1.22 bits per heavy atom. The normalized spacial score (nSPS) is 31.3. The van der Waals surface area contributed by atoms with E-state index in [0.29, 0.717) is 35.9 Å². The molecule has 0 radical (unpaired) electrons. The van der Waals surface area contributed by atoms with E-state index in [1.54, 1.807) is 22.9 Å². The Labute approximate surface area is 136 Å². The number of rotatable bonds is 2. The molecule has 1 aliphatic heterocycles. The number of fused-ring (bicyclic) bond motifs is 1. The quantitative estimate of drug-likeness (QED) is 0.853. The van der Waals surface area contributed by atoms with Gasteiger partial charge in [0, 0.05) is 25.8 Å². The van der Waals surface area contributed by atoms with Crippen LogP contribution in [0.25, 0.3) is 0 Å². The third-order valence-electron chi connectivity index (χ3n) is 5.84. The fourth-order valence-electron chi connectivity index (χ4n) is 4.58. The highest BCUT2D eigenvalue weighted by atomic mass is 16.2. The molecule has 5 rings (SSSR count). The van der Waals surface area contributed by atoms with E-state index in [0.717, 1.165) is 13.1 Å². The predicted octanol–water partition coefficient (Wildman–Crippen LogP) is 2.54. The van der Waals surface area contributed by atoms with Crippen molar-refractivity contribution in [3.8, 4) is 0 Å². The summed E-state index contributed by atoms with van der Waals surface area (Å²) in [6, 6.07) is 3.35. The average molecular weight is 313 g/mol. The fourth-order valence-corrected chi connectivity index (χ4v) is 4.58. The summed E-state index contributed by atoms with van der Waals surface area (Å²) in [5.41, 5.74) is 0.233. The molecule has 3 aliphatic carbocycles. The highest BCUT2D eigenvalue weighted by molar-refractivity contribution is 5.89. The molecule has 4 atom stereocenters. The molecule has 2 amide bonds. The highest BCUT2D eigenvalue weighted by Crippen LogP contribution is 2.48. The molecule has 122 valence electrons. The van der Waals surface area contributed by atoms with E-state index in [1.165, 1.54) is 12.8 Å². The van der Waals surface area contributed by atoms with Gasteiger partial charge in [-0.3, -0.25) is 4.79 Å². The van der Waals surface area contributed by atoms with Gasteiger partial charge in [0.15, 0.2) is 0 Å². The number of carbonyl (C=O) groups excluding carboxylic acids is 1. The molecule has 1 aromatic heterocycles. The Balaban J connectivity index is 1.48. The summed E-state index contributed by atoms with van der Waals surface area (Å²) in [4.78, 5) is 26.7. The van der Waals surface area contributed by atoms with Crippen molar-refractivity contribution < 1.29 is 4.79 Å². The second-order valence-electron chi connectivity index (χ2n) is 6.97. The first kappa shape index (κ1) is 14.5. The summed E-state index contributed by atoms with van der Waals surface area (Å²) in [5, 5.41) is 2.82. The Morgan fingerprint density at radius 2 is 1.87 bits per heavy atom. The van der Waals surface area contributed by atoms with Gasteiger partial charge in [-0.25, -0.2) is 4.79 Å². The van der Waals surface area contributed by atoms with Crippen LogP contribution >= 0.6 is 0 Å². The van der Waals surface area contributed by atoms with E-state index in [-0.39, 0.29) is 11.6 Å². The molecule has 0 spiro atoms. The topological polar surface area (TPSA) is 54.3 Å². The van der Waals surface area contributed by atoms with E-state index >= 15 is 0 Å². The van der Waals surface area contributed by atoms with Crippen molar-refractivity contribution in [3.05, 3.63) is 40.8 Å². The number of urea groups is 1. The van der Waals surface area contributed by atoms with Gasteiger partial charge in [-0.15, -0.1) is 0 Å². The summed E-state index contributed by atoms with van der Waals surface area (Å²) >= 11 is 0. The minimum absolute atomic E-state index is 0.134. The molecule has 4 aliphatic rings. The summed E-state index contributed by atoms with van der Waals surface area (Å²) in [7, 11) is 0.